The molecule has 0 saturated carbocycles. The molecule has 1 aliphatic rings. The fraction of sp³-hybridized carbons (Fsp3) is 0.889. The summed E-state index contributed by atoms with van der Waals surface area (Å²) in [5.41, 5.74) is 0. The van der Waals surface area contributed by atoms with Crippen LogP contribution in [0.4, 0.5) is 13.2 Å². The minimum absolute atomic E-state index is 0.0880. The van der Waals surface area contributed by atoms with Gasteiger partial charge in [-0.3, -0.25) is 4.79 Å². The van der Waals surface area contributed by atoms with E-state index in [0.717, 1.165) is 4.90 Å². The molecule has 0 unspecified atom stereocenters. The molecule has 0 aliphatic carbocycles. The van der Waals surface area contributed by atoms with E-state index in [1.165, 1.54) is 0 Å². The summed E-state index contributed by atoms with van der Waals surface area (Å²) in [7, 11) is 0. The zero-order valence-corrected chi connectivity index (χ0v) is 8.76. The van der Waals surface area contributed by atoms with Crippen molar-refractivity contribution in [2.75, 3.05) is 32.8 Å². The summed E-state index contributed by atoms with van der Waals surface area (Å²) < 4.78 is 35.9. The molecule has 0 aromatic carbocycles. The lowest BCUT2D eigenvalue weighted by Crippen LogP contribution is -2.56. The molecule has 94 valence electrons. The van der Waals surface area contributed by atoms with Crippen LogP contribution in [0.1, 0.15) is 6.42 Å². The molecule has 0 aromatic rings. The Morgan fingerprint density at radius 3 is 2.56 bits per heavy atom. The molecule has 0 bridgehead atoms. The maximum absolute atomic E-state index is 12.0. The van der Waals surface area contributed by atoms with Gasteiger partial charge < -0.3 is 15.3 Å². The number of halogens is 3. The highest BCUT2D eigenvalue weighted by atomic mass is 19.4. The molecule has 1 rings (SSSR count). The maximum Gasteiger partial charge on any atom is 0.471 e. The van der Waals surface area contributed by atoms with Gasteiger partial charge in [0.25, 0.3) is 0 Å². The minimum Gasteiger partial charge on any atom is -0.396 e. The van der Waals surface area contributed by atoms with Crippen LogP contribution in [0.25, 0.3) is 0 Å². The number of hydrogen-bond acceptors (Lipinski definition) is 3. The van der Waals surface area contributed by atoms with E-state index in [-0.39, 0.29) is 25.6 Å². The number of aliphatic hydroxyl groups excluding tert-OH is 1. The second-order valence-corrected chi connectivity index (χ2v) is 3.86. The summed E-state index contributed by atoms with van der Waals surface area (Å²) >= 11 is 0. The third-order valence-corrected chi connectivity index (χ3v) is 2.43. The van der Waals surface area contributed by atoms with Gasteiger partial charge in [-0.1, -0.05) is 0 Å². The number of rotatable bonds is 5. The van der Waals surface area contributed by atoms with Crippen molar-refractivity contribution in [3.05, 3.63) is 0 Å². The average molecular weight is 240 g/mol. The Bertz CT molecular complexity index is 239. The average Bonchev–Trinajstić information content (AvgIpc) is 2.12. The first-order valence-corrected chi connectivity index (χ1v) is 5.13. The standard InChI is InChI=1S/C9H15F3N2O2/c10-9(11,12)8(16)14-5-7(6-14)4-13-2-1-3-15/h7,13,15H,1-6H2. The summed E-state index contributed by atoms with van der Waals surface area (Å²) in [4.78, 5) is 11.5. The molecular formula is C9H15F3N2O2. The van der Waals surface area contributed by atoms with E-state index in [1.807, 2.05) is 0 Å². The number of nitrogens with zero attached hydrogens (tertiary/aromatic N) is 1. The largest absolute Gasteiger partial charge is 0.471 e. The van der Waals surface area contributed by atoms with Crippen molar-refractivity contribution in [1.82, 2.24) is 10.2 Å². The molecule has 1 amide bonds. The predicted molar refractivity (Wildman–Crippen MR) is 50.7 cm³/mol. The van der Waals surface area contributed by atoms with Gasteiger partial charge in [-0.2, -0.15) is 13.2 Å². The molecule has 1 aliphatic heterocycles. The van der Waals surface area contributed by atoms with Gasteiger partial charge >= 0.3 is 12.1 Å². The maximum atomic E-state index is 12.0. The van der Waals surface area contributed by atoms with Crippen LogP contribution < -0.4 is 5.32 Å². The molecule has 1 heterocycles. The SMILES string of the molecule is O=C(N1CC(CNCCCO)C1)C(F)(F)F. The Kier molecular flexibility index (Phi) is 4.55. The van der Waals surface area contributed by atoms with Gasteiger partial charge in [0.05, 0.1) is 0 Å². The van der Waals surface area contributed by atoms with Gasteiger partial charge in [0.2, 0.25) is 0 Å². The van der Waals surface area contributed by atoms with Crippen LogP contribution in [-0.2, 0) is 4.79 Å². The number of likely N-dealkylation sites (tertiary alicyclic amines) is 1. The third-order valence-electron chi connectivity index (χ3n) is 2.43. The lowest BCUT2D eigenvalue weighted by molar-refractivity contribution is -0.191. The Balaban J connectivity index is 2.11. The van der Waals surface area contributed by atoms with Crippen molar-refractivity contribution in [2.24, 2.45) is 5.92 Å². The van der Waals surface area contributed by atoms with Crippen LogP contribution in [0.2, 0.25) is 0 Å². The van der Waals surface area contributed by atoms with Gasteiger partial charge in [-0.25, -0.2) is 0 Å². The molecule has 7 heteroatoms. The lowest BCUT2D eigenvalue weighted by Gasteiger charge is -2.39. The monoisotopic (exact) mass is 240 g/mol. The topological polar surface area (TPSA) is 52.6 Å². The fourth-order valence-corrected chi connectivity index (χ4v) is 1.55. The minimum atomic E-state index is -4.75. The van der Waals surface area contributed by atoms with Crippen molar-refractivity contribution < 1.29 is 23.1 Å². The predicted octanol–water partition coefficient (Wildman–Crippen LogP) is -0.0209. The van der Waals surface area contributed by atoms with Gasteiger partial charge in [0, 0.05) is 32.2 Å². The Morgan fingerprint density at radius 1 is 1.44 bits per heavy atom. The van der Waals surface area contributed by atoms with Crippen molar-refractivity contribution in [2.45, 2.75) is 12.6 Å². The summed E-state index contributed by atoms with van der Waals surface area (Å²) in [6.07, 6.45) is -4.13. The molecule has 0 radical (unpaired) electrons. The Labute approximate surface area is 91.4 Å². The first kappa shape index (κ1) is 13.2. The van der Waals surface area contributed by atoms with Crippen molar-refractivity contribution in [3.8, 4) is 0 Å². The molecule has 2 N–H and O–H groups in total. The first-order chi connectivity index (χ1) is 7.45. The van der Waals surface area contributed by atoms with Crippen LogP contribution in [0, 0.1) is 5.92 Å². The molecule has 0 atom stereocenters. The fourth-order valence-electron chi connectivity index (χ4n) is 1.55. The van der Waals surface area contributed by atoms with Gasteiger partial charge in [0.1, 0.15) is 0 Å². The summed E-state index contributed by atoms with van der Waals surface area (Å²) in [6.45, 7) is 1.63. The quantitative estimate of drug-likeness (QED) is 0.664. The highest BCUT2D eigenvalue weighted by Gasteiger charge is 2.46. The molecule has 1 fully saturated rings. The van der Waals surface area contributed by atoms with E-state index < -0.39 is 12.1 Å². The van der Waals surface area contributed by atoms with Crippen molar-refractivity contribution in [1.29, 1.82) is 0 Å². The van der Waals surface area contributed by atoms with Gasteiger partial charge in [-0.05, 0) is 13.0 Å². The first-order valence-electron chi connectivity index (χ1n) is 5.13. The molecule has 4 nitrogen and oxygen atoms in total. The molecule has 0 spiro atoms. The third kappa shape index (κ3) is 3.64. The van der Waals surface area contributed by atoms with E-state index in [1.54, 1.807) is 0 Å². The van der Waals surface area contributed by atoms with E-state index in [0.29, 0.717) is 19.5 Å². The number of nitrogens with one attached hydrogen (secondary N) is 1. The molecular weight excluding hydrogens is 225 g/mol. The van der Waals surface area contributed by atoms with Crippen LogP contribution >= 0.6 is 0 Å². The van der Waals surface area contributed by atoms with Gasteiger partial charge in [-0.15, -0.1) is 0 Å². The summed E-state index contributed by atoms with van der Waals surface area (Å²) in [6, 6.07) is 0. The number of alkyl halides is 3. The highest BCUT2D eigenvalue weighted by molar-refractivity contribution is 5.82. The number of carbonyl (C=O) groups is 1. The van der Waals surface area contributed by atoms with Crippen LogP contribution in [0.15, 0.2) is 0 Å². The highest BCUT2D eigenvalue weighted by Crippen LogP contribution is 2.24. The second-order valence-electron chi connectivity index (χ2n) is 3.86. The smallest absolute Gasteiger partial charge is 0.396 e. The molecule has 0 aromatic heterocycles. The second kappa shape index (κ2) is 5.49. The van der Waals surface area contributed by atoms with E-state index >= 15 is 0 Å². The zero-order chi connectivity index (χ0) is 12.2. The molecule has 16 heavy (non-hydrogen) atoms. The van der Waals surface area contributed by atoms with Crippen molar-refractivity contribution >= 4 is 5.91 Å². The number of carbonyl (C=O) groups excluding carboxylic acids is 1. The summed E-state index contributed by atoms with van der Waals surface area (Å²) in [5, 5.41) is 11.5. The van der Waals surface area contributed by atoms with Crippen molar-refractivity contribution in [3.63, 3.8) is 0 Å². The Hall–Kier alpha value is -0.820. The van der Waals surface area contributed by atoms with Crippen LogP contribution in [0.5, 0.6) is 0 Å². The van der Waals surface area contributed by atoms with E-state index in [9.17, 15) is 18.0 Å². The van der Waals surface area contributed by atoms with Gasteiger partial charge in [0.15, 0.2) is 0 Å². The number of aliphatic hydroxyl groups is 1. The van der Waals surface area contributed by atoms with Crippen LogP contribution in [-0.4, -0.2) is 54.9 Å². The van der Waals surface area contributed by atoms with E-state index in [2.05, 4.69) is 5.32 Å². The number of amides is 1. The molecule has 1 saturated heterocycles. The Morgan fingerprint density at radius 2 is 2.06 bits per heavy atom. The van der Waals surface area contributed by atoms with E-state index in [4.69, 9.17) is 5.11 Å². The normalized spacial score (nSPS) is 17.4. The summed E-state index contributed by atoms with van der Waals surface area (Å²) in [5.74, 6) is -1.66. The lowest BCUT2D eigenvalue weighted by atomic mass is 10.00. The zero-order valence-electron chi connectivity index (χ0n) is 8.76. The van der Waals surface area contributed by atoms with Crippen LogP contribution in [0.3, 0.4) is 0 Å². The number of hydrogen-bond donors (Lipinski definition) is 2.